The van der Waals surface area contributed by atoms with Crippen molar-refractivity contribution in [2.24, 2.45) is 0 Å². The van der Waals surface area contributed by atoms with E-state index in [0.29, 0.717) is 12.8 Å². The summed E-state index contributed by atoms with van der Waals surface area (Å²) >= 11 is 0. The third-order valence-electron chi connectivity index (χ3n) is 4.25. The Morgan fingerprint density at radius 3 is 2.50 bits per heavy atom. The molecule has 1 aromatic rings. The van der Waals surface area contributed by atoms with Gasteiger partial charge in [-0.05, 0) is 30.4 Å². The highest BCUT2D eigenvalue weighted by molar-refractivity contribution is 6.00. The number of benzene rings is 1. The molecule has 4 nitrogen and oxygen atoms in total. The highest BCUT2D eigenvalue weighted by Gasteiger charge is 2.28. The first-order valence-corrected chi connectivity index (χ1v) is 8.47. The highest BCUT2D eigenvalue weighted by Crippen LogP contribution is 2.29. The normalized spacial score (nSPS) is 17.9. The fourth-order valence-electron chi connectivity index (χ4n) is 2.95. The van der Waals surface area contributed by atoms with Crippen molar-refractivity contribution in [2.45, 2.75) is 51.0 Å². The number of aliphatic carboxylic acids is 1. The first-order chi connectivity index (χ1) is 11.6. The third kappa shape index (κ3) is 5.46. The van der Waals surface area contributed by atoms with Crippen LogP contribution in [-0.2, 0) is 9.59 Å². The Kier molecular flexibility index (Phi) is 6.94. The SMILES string of the molecule is O=C(O)CCCCCCC1=C(/C=C/c2ccccc2)C(O)CC1=O. The van der Waals surface area contributed by atoms with E-state index in [2.05, 4.69) is 0 Å². The van der Waals surface area contributed by atoms with Crippen molar-refractivity contribution in [3.8, 4) is 0 Å². The Morgan fingerprint density at radius 2 is 1.79 bits per heavy atom. The average molecular weight is 328 g/mol. The maximum absolute atomic E-state index is 12.1. The first-order valence-electron chi connectivity index (χ1n) is 8.47. The molecule has 0 saturated carbocycles. The molecule has 1 atom stereocenters. The lowest BCUT2D eigenvalue weighted by molar-refractivity contribution is -0.137. The minimum atomic E-state index is -0.764. The highest BCUT2D eigenvalue weighted by atomic mass is 16.4. The number of hydrogen-bond acceptors (Lipinski definition) is 3. The Labute approximate surface area is 142 Å². The van der Waals surface area contributed by atoms with E-state index in [4.69, 9.17) is 5.11 Å². The number of hydrogen-bond donors (Lipinski definition) is 2. The van der Waals surface area contributed by atoms with Crippen LogP contribution in [0.1, 0.15) is 50.5 Å². The quantitative estimate of drug-likeness (QED) is 0.677. The number of carboxylic acids is 1. The standard InChI is InChI=1S/C20H24O4/c21-18-14-19(22)17(13-12-15-8-4-3-5-9-15)16(18)10-6-1-2-7-11-20(23)24/h3-5,8-9,12-13,19,22H,1-2,6-7,10-11,14H2,(H,23,24)/b13-12+. The van der Waals surface area contributed by atoms with Crippen LogP contribution in [0.25, 0.3) is 6.08 Å². The minimum absolute atomic E-state index is 0.0285. The Bertz CT molecular complexity index is 628. The van der Waals surface area contributed by atoms with Gasteiger partial charge in [-0.15, -0.1) is 0 Å². The van der Waals surface area contributed by atoms with Gasteiger partial charge in [0.05, 0.1) is 6.10 Å². The zero-order valence-electron chi connectivity index (χ0n) is 13.8. The molecule has 0 amide bonds. The molecule has 2 rings (SSSR count). The number of Topliss-reactive ketones (excluding diaryl/α,β-unsaturated/α-hetero) is 1. The second kappa shape index (κ2) is 9.18. The number of carbonyl (C=O) groups excluding carboxylic acids is 1. The number of ketones is 1. The summed E-state index contributed by atoms with van der Waals surface area (Å²) in [5, 5.41) is 18.7. The minimum Gasteiger partial charge on any atom is -0.481 e. The van der Waals surface area contributed by atoms with E-state index in [-0.39, 0.29) is 18.6 Å². The van der Waals surface area contributed by atoms with Gasteiger partial charge in [-0.1, -0.05) is 55.3 Å². The molecule has 0 aromatic heterocycles. The molecular weight excluding hydrogens is 304 g/mol. The summed E-state index contributed by atoms with van der Waals surface area (Å²) in [6.45, 7) is 0. The van der Waals surface area contributed by atoms with Gasteiger partial charge in [-0.3, -0.25) is 9.59 Å². The molecule has 1 unspecified atom stereocenters. The number of allylic oxidation sites excluding steroid dienone is 1. The molecular formula is C20H24O4. The predicted molar refractivity (Wildman–Crippen MR) is 93.5 cm³/mol. The first kappa shape index (κ1) is 18.1. The lowest BCUT2D eigenvalue weighted by Crippen LogP contribution is -2.04. The van der Waals surface area contributed by atoms with E-state index < -0.39 is 12.1 Å². The summed E-state index contributed by atoms with van der Waals surface area (Å²) in [6, 6.07) is 9.79. The Morgan fingerprint density at radius 1 is 1.08 bits per heavy atom. The van der Waals surface area contributed by atoms with E-state index in [1.807, 2.05) is 42.5 Å². The number of aliphatic hydroxyl groups is 1. The van der Waals surface area contributed by atoms with Gasteiger partial charge in [0, 0.05) is 18.4 Å². The lowest BCUT2D eigenvalue weighted by Gasteiger charge is -2.05. The number of carboxylic acid groups (broad SMARTS) is 1. The average Bonchev–Trinajstić information content (AvgIpc) is 2.83. The van der Waals surface area contributed by atoms with Crippen molar-refractivity contribution in [2.75, 3.05) is 0 Å². The van der Waals surface area contributed by atoms with Gasteiger partial charge < -0.3 is 10.2 Å². The molecule has 0 spiro atoms. The van der Waals surface area contributed by atoms with Gasteiger partial charge in [0.25, 0.3) is 0 Å². The van der Waals surface area contributed by atoms with Crippen LogP contribution in [0.3, 0.4) is 0 Å². The number of rotatable bonds is 9. The van der Waals surface area contributed by atoms with Crippen LogP contribution < -0.4 is 0 Å². The fraction of sp³-hybridized carbons (Fsp3) is 0.400. The van der Waals surface area contributed by atoms with Gasteiger partial charge in [-0.2, -0.15) is 0 Å². The molecule has 0 saturated heterocycles. The number of carbonyl (C=O) groups is 2. The van der Waals surface area contributed by atoms with E-state index >= 15 is 0 Å². The van der Waals surface area contributed by atoms with Gasteiger partial charge in [-0.25, -0.2) is 0 Å². The van der Waals surface area contributed by atoms with Crippen LogP contribution in [0.4, 0.5) is 0 Å². The molecule has 4 heteroatoms. The monoisotopic (exact) mass is 328 g/mol. The molecule has 0 radical (unpaired) electrons. The predicted octanol–water partition coefficient (Wildman–Crippen LogP) is 3.76. The molecule has 1 aromatic carbocycles. The molecule has 1 aliphatic carbocycles. The Balaban J connectivity index is 1.93. The van der Waals surface area contributed by atoms with Crippen LogP contribution in [-0.4, -0.2) is 28.1 Å². The summed E-state index contributed by atoms with van der Waals surface area (Å²) in [7, 11) is 0. The second-order valence-corrected chi connectivity index (χ2v) is 6.13. The summed E-state index contributed by atoms with van der Waals surface area (Å²) in [5.41, 5.74) is 2.49. The molecule has 1 aliphatic rings. The molecule has 0 fully saturated rings. The van der Waals surface area contributed by atoms with Crippen LogP contribution in [0, 0.1) is 0 Å². The molecule has 24 heavy (non-hydrogen) atoms. The summed E-state index contributed by atoms with van der Waals surface area (Å²) in [5.74, 6) is -0.735. The molecule has 0 aliphatic heterocycles. The molecule has 128 valence electrons. The van der Waals surface area contributed by atoms with Crippen LogP contribution in [0.5, 0.6) is 0 Å². The third-order valence-corrected chi connectivity index (χ3v) is 4.25. The zero-order chi connectivity index (χ0) is 17.4. The second-order valence-electron chi connectivity index (χ2n) is 6.13. The van der Waals surface area contributed by atoms with E-state index in [1.165, 1.54) is 0 Å². The van der Waals surface area contributed by atoms with Crippen LogP contribution >= 0.6 is 0 Å². The van der Waals surface area contributed by atoms with Crippen molar-refractivity contribution in [3.05, 3.63) is 53.1 Å². The maximum atomic E-state index is 12.1. The maximum Gasteiger partial charge on any atom is 0.303 e. The van der Waals surface area contributed by atoms with Gasteiger partial charge in [0.15, 0.2) is 5.78 Å². The zero-order valence-corrected chi connectivity index (χ0v) is 13.8. The Hall–Kier alpha value is -2.20. The topological polar surface area (TPSA) is 74.6 Å². The molecule has 0 bridgehead atoms. The summed E-state index contributed by atoms with van der Waals surface area (Å²) in [4.78, 5) is 22.6. The van der Waals surface area contributed by atoms with E-state index in [9.17, 15) is 14.7 Å². The van der Waals surface area contributed by atoms with Crippen molar-refractivity contribution in [3.63, 3.8) is 0 Å². The van der Waals surface area contributed by atoms with Crippen molar-refractivity contribution in [1.82, 2.24) is 0 Å². The van der Waals surface area contributed by atoms with Crippen LogP contribution in [0.2, 0.25) is 0 Å². The van der Waals surface area contributed by atoms with Gasteiger partial charge >= 0.3 is 5.97 Å². The van der Waals surface area contributed by atoms with Gasteiger partial charge in [0.2, 0.25) is 0 Å². The lowest BCUT2D eigenvalue weighted by atomic mass is 10.0. The van der Waals surface area contributed by atoms with Crippen molar-refractivity contribution >= 4 is 17.8 Å². The van der Waals surface area contributed by atoms with E-state index in [1.54, 1.807) is 0 Å². The van der Waals surface area contributed by atoms with Gasteiger partial charge in [0.1, 0.15) is 0 Å². The molecule has 2 N–H and O–H groups in total. The van der Waals surface area contributed by atoms with E-state index in [0.717, 1.165) is 36.0 Å². The number of unbranched alkanes of at least 4 members (excludes halogenated alkanes) is 3. The molecule has 0 heterocycles. The fourth-order valence-corrected chi connectivity index (χ4v) is 2.95. The summed E-state index contributed by atoms with van der Waals surface area (Å²) < 4.78 is 0. The van der Waals surface area contributed by atoms with Crippen LogP contribution in [0.15, 0.2) is 47.6 Å². The van der Waals surface area contributed by atoms with Crippen molar-refractivity contribution < 1.29 is 19.8 Å². The summed E-state index contributed by atoms with van der Waals surface area (Å²) in [6.07, 6.45) is 7.35. The number of aliphatic hydroxyl groups excluding tert-OH is 1. The van der Waals surface area contributed by atoms with Crippen molar-refractivity contribution in [1.29, 1.82) is 0 Å². The largest absolute Gasteiger partial charge is 0.481 e. The smallest absolute Gasteiger partial charge is 0.303 e.